The fourth-order valence-corrected chi connectivity index (χ4v) is 2.53. The van der Waals surface area contributed by atoms with Gasteiger partial charge in [-0.1, -0.05) is 0 Å². The molecule has 8 nitrogen and oxygen atoms in total. The number of carboxylic acid groups (broad SMARTS) is 1. The van der Waals surface area contributed by atoms with Crippen molar-refractivity contribution in [1.29, 1.82) is 0 Å². The summed E-state index contributed by atoms with van der Waals surface area (Å²) in [4.78, 5) is 26.4. The quantitative estimate of drug-likeness (QED) is 0.734. The van der Waals surface area contributed by atoms with E-state index >= 15 is 0 Å². The second-order valence-electron chi connectivity index (χ2n) is 4.88. The van der Waals surface area contributed by atoms with Crippen LogP contribution in [0.2, 0.25) is 0 Å². The Balaban J connectivity index is 1.96. The first-order chi connectivity index (χ1) is 9.56. The number of carbonyl (C=O) groups excluding carboxylic acids is 1. The van der Waals surface area contributed by atoms with Gasteiger partial charge in [0.05, 0.1) is 26.2 Å². The third-order valence-corrected chi connectivity index (χ3v) is 3.70. The average molecular weight is 288 g/mol. The van der Waals surface area contributed by atoms with Crippen molar-refractivity contribution >= 4 is 12.0 Å². The molecule has 2 amide bonds. The molecule has 0 aromatic heterocycles. The number of carbonyl (C=O) groups is 2. The van der Waals surface area contributed by atoms with Crippen molar-refractivity contribution in [1.82, 2.24) is 9.80 Å². The van der Waals surface area contributed by atoms with E-state index in [4.69, 9.17) is 19.3 Å². The Kier molecular flexibility index (Phi) is 4.79. The van der Waals surface area contributed by atoms with Gasteiger partial charge in [0, 0.05) is 20.8 Å². The standard InChI is InChI=1S/C12H20N2O6/c1-18-8-5-14(6-9(8)19-2)12(17)13-3-4-20-10(7-13)11(15)16/h8-10H,3-7H2,1-2H3,(H,15,16). The summed E-state index contributed by atoms with van der Waals surface area (Å²) < 4.78 is 15.7. The number of nitrogens with zero attached hydrogens (tertiary/aromatic N) is 2. The molecule has 3 atom stereocenters. The first-order valence-electron chi connectivity index (χ1n) is 6.50. The second kappa shape index (κ2) is 6.38. The number of rotatable bonds is 3. The molecule has 3 unspecified atom stereocenters. The zero-order valence-electron chi connectivity index (χ0n) is 11.7. The van der Waals surface area contributed by atoms with Gasteiger partial charge < -0.3 is 29.1 Å². The van der Waals surface area contributed by atoms with Crippen LogP contribution in [0.1, 0.15) is 0 Å². The van der Waals surface area contributed by atoms with Crippen molar-refractivity contribution in [2.75, 3.05) is 47.0 Å². The van der Waals surface area contributed by atoms with Gasteiger partial charge in [0.2, 0.25) is 0 Å². The first kappa shape index (κ1) is 15.0. The van der Waals surface area contributed by atoms with Crippen LogP contribution in [0.15, 0.2) is 0 Å². The third-order valence-electron chi connectivity index (χ3n) is 3.70. The van der Waals surface area contributed by atoms with Gasteiger partial charge in [-0.05, 0) is 0 Å². The highest BCUT2D eigenvalue weighted by Crippen LogP contribution is 2.18. The molecule has 0 saturated carbocycles. The maximum absolute atomic E-state index is 12.4. The summed E-state index contributed by atoms with van der Waals surface area (Å²) in [5.74, 6) is -1.05. The lowest BCUT2D eigenvalue weighted by atomic mass is 10.3. The minimum Gasteiger partial charge on any atom is -0.479 e. The van der Waals surface area contributed by atoms with Crippen molar-refractivity contribution in [3.8, 4) is 0 Å². The molecule has 8 heteroatoms. The number of aliphatic carboxylic acids is 1. The number of methoxy groups -OCH3 is 2. The van der Waals surface area contributed by atoms with Crippen LogP contribution >= 0.6 is 0 Å². The summed E-state index contributed by atoms with van der Waals surface area (Å²) in [6, 6.07) is -0.193. The number of amides is 2. The van der Waals surface area contributed by atoms with Gasteiger partial charge in [-0.2, -0.15) is 0 Å². The molecule has 0 aromatic rings. The maximum Gasteiger partial charge on any atom is 0.334 e. The van der Waals surface area contributed by atoms with Crippen LogP contribution in [-0.4, -0.2) is 92.2 Å². The van der Waals surface area contributed by atoms with Crippen LogP contribution in [0, 0.1) is 0 Å². The van der Waals surface area contributed by atoms with Crippen LogP contribution in [0.3, 0.4) is 0 Å². The number of hydrogen-bond acceptors (Lipinski definition) is 5. The van der Waals surface area contributed by atoms with E-state index in [1.807, 2.05) is 0 Å². The van der Waals surface area contributed by atoms with E-state index in [2.05, 4.69) is 0 Å². The highest BCUT2D eigenvalue weighted by Gasteiger charge is 2.39. The Morgan fingerprint density at radius 3 is 2.20 bits per heavy atom. The van der Waals surface area contributed by atoms with Gasteiger partial charge in [0.25, 0.3) is 0 Å². The summed E-state index contributed by atoms with van der Waals surface area (Å²) in [7, 11) is 3.17. The van der Waals surface area contributed by atoms with Gasteiger partial charge in [-0.25, -0.2) is 9.59 Å². The average Bonchev–Trinajstić information content (AvgIpc) is 2.89. The van der Waals surface area contributed by atoms with Crippen molar-refractivity contribution in [3.63, 3.8) is 0 Å². The third kappa shape index (κ3) is 3.02. The molecule has 1 N–H and O–H groups in total. The van der Waals surface area contributed by atoms with Crippen LogP contribution < -0.4 is 0 Å². The van der Waals surface area contributed by atoms with Gasteiger partial charge in [0.1, 0.15) is 12.2 Å². The molecular formula is C12H20N2O6. The molecule has 0 spiro atoms. The first-order valence-corrected chi connectivity index (χ1v) is 6.50. The van der Waals surface area contributed by atoms with E-state index in [1.165, 1.54) is 4.90 Å². The molecule has 20 heavy (non-hydrogen) atoms. The molecule has 2 rings (SSSR count). The molecule has 2 heterocycles. The Morgan fingerprint density at radius 2 is 1.70 bits per heavy atom. The van der Waals surface area contributed by atoms with Crippen LogP contribution in [0.5, 0.6) is 0 Å². The van der Waals surface area contributed by atoms with Gasteiger partial charge in [0.15, 0.2) is 6.10 Å². The van der Waals surface area contributed by atoms with Crippen LogP contribution in [0.25, 0.3) is 0 Å². The summed E-state index contributed by atoms with van der Waals surface area (Å²) in [5, 5.41) is 8.95. The molecule has 2 saturated heterocycles. The lowest BCUT2D eigenvalue weighted by Gasteiger charge is -2.33. The highest BCUT2D eigenvalue weighted by molar-refractivity contribution is 5.78. The van der Waals surface area contributed by atoms with Crippen LogP contribution in [-0.2, 0) is 19.0 Å². The smallest absolute Gasteiger partial charge is 0.334 e. The number of carboxylic acids is 1. The number of likely N-dealkylation sites (tertiary alicyclic amines) is 1. The van der Waals surface area contributed by atoms with Crippen molar-refractivity contribution < 1.29 is 28.9 Å². The molecule has 0 aliphatic carbocycles. The van der Waals surface area contributed by atoms with Gasteiger partial charge >= 0.3 is 12.0 Å². The second-order valence-corrected chi connectivity index (χ2v) is 4.88. The van der Waals surface area contributed by atoms with E-state index in [-0.39, 0.29) is 31.4 Å². The minimum atomic E-state index is -1.05. The maximum atomic E-state index is 12.4. The van der Waals surface area contributed by atoms with Crippen molar-refractivity contribution in [2.45, 2.75) is 18.3 Å². The lowest BCUT2D eigenvalue weighted by molar-refractivity contribution is -0.154. The largest absolute Gasteiger partial charge is 0.479 e. The zero-order chi connectivity index (χ0) is 14.7. The lowest BCUT2D eigenvalue weighted by Crippen LogP contribution is -2.52. The topological polar surface area (TPSA) is 88.5 Å². The minimum absolute atomic E-state index is 0.0694. The van der Waals surface area contributed by atoms with E-state index in [9.17, 15) is 9.59 Å². The molecule has 0 aromatic carbocycles. The number of hydrogen-bond donors (Lipinski definition) is 1. The number of morpholine rings is 1. The Hall–Kier alpha value is -1.38. The molecule has 2 fully saturated rings. The Bertz CT molecular complexity index is 365. The summed E-state index contributed by atoms with van der Waals surface area (Å²) in [5.41, 5.74) is 0. The summed E-state index contributed by atoms with van der Waals surface area (Å²) in [6.07, 6.45) is -1.26. The fraction of sp³-hybridized carbons (Fsp3) is 0.833. The van der Waals surface area contributed by atoms with E-state index in [0.29, 0.717) is 19.6 Å². The normalized spacial score (nSPS) is 30.6. The van der Waals surface area contributed by atoms with E-state index in [0.717, 1.165) is 0 Å². The number of urea groups is 1. The summed E-state index contributed by atoms with van der Waals surface area (Å²) in [6.45, 7) is 1.60. The fourth-order valence-electron chi connectivity index (χ4n) is 2.53. The van der Waals surface area contributed by atoms with Crippen LogP contribution in [0.4, 0.5) is 4.79 Å². The van der Waals surface area contributed by atoms with Crippen molar-refractivity contribution in [2.24, 2.45) is 0 Å². The SMILES string of the molecule is COC1CN(C(=O)N2CCOC(C(=O)O)C2)CC1OC. The van der Waals surface area contributed by atoms with E-state index < -0.39 is 12.1 Å². The number of ether oxygens (including phenoxy) is 3. The zero-order valence-corrected chi connectivity index (χ0v) is 11.7. The molecule has 2 aliphatic rings. The van der Waals surface area contributed by atoms with Crippen molar-refractivity contribution in [3.05, 3.63) is 0 Å². The predicted molar refractivity (Wildman–Crippen MR) is 67.5 cm³/mol. The molecule has 0 bridgehead atoms. The summed E-state index contributed by atoms with van der Waals surface area (Å²) >= 11 is 0. The van der Waals surface area contributed by atoms with Gasteiger partial charge in [-0.3, -0.25) is 0 Å². The van der Waals surface area contributed by atoms with Gasteiger partial charge in [-0.15, -0.1) is 0 Å². The predicted octanol–water partition coefficient (Wildman–Crippen LogP) is -0.763. The Morgan fingerprint density at radius 1 is 1.10 bits per heavy atom. The molecule has 114 valence electrons. The van der Waals surface area contributed by atoms with E-state index in [1.54, 1.807) is 19.1 Å². The molecule has 0 radical (unpaired) electrons. The highest BCUT2D eigenvalue weighted by atomic mass is 16.5. The molecular weight excluding hydrogens is 268 g/mol. The Labute approximate surface area is 117 Å². The molecule has 2 aliphatic heterocycles. The monoisotopic (exact) mass is 288 g/mol.